The molecule has 4 nitrogen and oxygen atoms in total. The Morgan fingerprint density at radius 1 is 1.28 bits per heavy atom. The van der Waals surface area contributed by atoms with Crippen molar-refractivity contribution in [3.05, 3.63) is 29.8 Å². The van der Waals surface area contributed by atoms with Crippen LogP contribution >= 0.6 is 0 Å². The lowest BCUT2D eigenvalue weighted by molar-refractivity contribution is -0.119. The first-order valence-corrected chi connectivity index (χ1v) is 6.18. The number of carboxylic acids is 1. The number of anilines is 1. The molecule has 1 saturated carbocycles. The Bertz CT molecular complexity index is 449. The number of hydrogen-bond acceptors (Lipinski definition) is 2. The molecule has 1 amide bonds. The third-order valence-corrected chi connectivity index (χ3v) is 3.56. The minimum Gasteiger partial charge on any atom is -0.478 e. The van der Waals surface area contributed by atoms with Crippen LogP contribution in [0.3, 0.4) is 0 Å². The van der Waals surface area contributed by atoms with Gasteiger partial charge in [-0.2, -0.15) is 0 Å². The Hall–Kier alpha value is -1.84. The normalized spacial score (nSPS) is 14.9. The van der Waals surface area contributed by atoms with Gasteiger partial charge in [-0.05, 0) is 43.0 Å². The number of nitrogens with zero attached hydrogens (tertiary/aromatic N) is 1. The topological polar surface area (TPSA) is 57.6 Å². The van der Waals surface area contributed by atoms with Gasteiger partial charge in [-0.25, -0.2) is 4.79 Å². The van der Waals surface area contributed by atoms with Gasteiger partial charge in [0.25, 0.3) is 0 Å². The van der Waals surface area contributed by atoms with Gasteiger partial charge in [0, 0.05) is 19.2 Å². The molecule has 4 heteroatoms. The van der Waals surface area contributed by atoms with Crippen LogP contribution in [0.1, 0.15) is 36.0 Å². The smallest absolute Gasteiger partial charge is 0.335 e. The molecule has 0 bridgehead atoms. The summed E-state index contributed by atoms with van der Waals surface area (Å²) in [5.41, 5.74) is 0.975. The lowest BCUT2D eigenvalue weighted by Gasteiger charge is -2.27. The Morgan fingerprint density at radius 2 is 1.89 bits per heavy atom. The summed E-state index contributed by atoms with van der Waals surface area (Å²) in [6.07, 6.45) is 4.13. The summed E-state index contributed by atoms with van der Waals surface area (Å²) in [5.74, 6) is -0.314. The minimum atomic E-state index is -0.954. The number of benzene rings is 1. The number of carbonyl (C=O) groups is 2. The van der Waals surface area contributed by atoms with Crippen molar-refractivity contribution in [1.82, 2.24) is 0 Å². The molecule has 18 heavy (non-hydrogen) atoms. The van der Waals surface area contributed by atoms with Gasteiger partial charge in [0.15, 0.2) is 0 Å². The van der Waals surface area contributed by atoms with E-state index in [0.29, 0.717) is 12.3 Å². The zero-order valence-corrected chi connectivity index (χ0v) is 10.4. The van der Waals surface area contributed by atoms with Crippen LogP contribution in [-0.4, -0.2) is 24.0 Å². The van der Waals surface area contributed by atoms with E-state index < -0.39 is 5.97 Å². The molecular formula is C14H17NO3. The van der Waals surface area contributed by atoms with Crippen LogP contribution in [0.15, 0.2) is 24.3 Å². The SMILES string of the molecule is CN(C(=O)CC1CCC1)c1ccc(C(=O)O)cc1. The van der Waals surface area contributed by atoms with Gasteiger partial charge >= 0.3 is 5.97 Å². The van der Waals surface area contributed by atoms with Gasteiger partial charge in [0.1, 0.15) is 0 Å². The Labute approximate surface area is 106 Å². The maximum absolute atomic E-state index is 12.0. The van der Waals surface area contributed by atoms with E-state index in [1.54, 1.807) is 24.1 Å². The van der Waals surface area contributed by atoms with E-state index >= 15 is 0 Å². The average molecular weight is 247 g/mol. The number of carboxylic acid groups (broad SMARTS) is 1. The van der Waals surface area contributed by atoms with Crippen molar-refractivity contribution < 1.29 is 14.7 Å². The monoisotopic (exact) mass is 247 g/mol. The Kier molecular flexibility index (Phi) is 3.65. The number of hydrogen-bond donors (Lipinski definition) is 1. The summed E-state index contributed by atoms with van der Waals surface area (Å²) in [4.78, 5) is 24.3. The van der Waals surface area contributed by atoms with Crippen molar-refractivity contribution >= 4 is 17.6 Å². The molecule has 2 rings (SSSR count). The fourth-order valence-electron chi connectivity index (χ4n) is 2.05. The number of amides is 1. The third-order valence-electron chi connectivity index (χ3n) is 3.56. The molecular weight excluding hydrogens is 230 g/mol. The summed E-state index contributed by atoms with van der Waals surface area (Å²) in [6.45, 7) is 0. The molecule has 0 saturated heterocycles. The molecule has 1 fully saturated rings. The van der Waals surface area contributed by atoms with Gasteiger partial charge < -0.3 is 10.0 Å². The van der Waals surface area contributed by atoms with Gasteiger partial charge in [-0.3, -0.25) is 4.79 Å². The molecule has 0 aromatic heterocycles. The fourth-order valence-corrected chi connectivity index (χ4v) is 2.05. The predicted molar refractivity (Wildman–Crippen MR) is 68.8 cm³/mol. The summed E-state index contributed by atoms with van der Waals surface area (Å²) < 4.78 is 0. The van der Waals surface area contributed by atoms with E-state index in [4.69, 9.17) is 5.11 Å². The minimum absolute atomic E-state index is 0.0998. The molecule has 1 aromatic rings. The first-order valence-electron chi connectivity index (χ1n) is 6.18. The molecule has 1 aromatic carbocycles. The van der Waals surface area contributed by atoms with Crippen LogP contribution in [0.2, 0.25) is 0 Å². The van der Waals surface area contributed by atoms with Crippen LogP contribution in [0.5, 0.6) is 0 Å². The Balaban J connectivity index is 2.00. The van der Waals surface area contributed by atoms with E-state index in [1.165, 1.54) is 18.6 Å². The second-order valence-electron chi connectivity index (χ2n) is 4.81. The molecule has 0 unspecified atom stereocenters. The first kappa shape index (κ1) is 12.6. The molecule has 0 atom stereocenters. The standard InChI is InChI=1S/C14H17NO3/c1-15(13(16)9-10-3-2-4-10)12-7-5-11(6-8-12)14(17)18/h5-8,10H,2-4,9H2,1H3,(H,17,18). The average Bonchev–Trinajstić information content (AvgIpc) is 2.32. The molecule has 0 heterocycles. The molecule has 96 valence electrons. The van der Waals surface area contributed by atoms with Crippen LogP contribution in [0.4, 0.5) is 5.69 Å². The van der Waals surface area contributed by atoms with Gasteiger partial charge in [0.05, 0.1) is 5.56 Å². The summed E-state index contributed by atoms with van der Waals surface area (Å²) in [6, 6.07) is 6.37. The summed E-state index contributed by atoms with van der Waals surface area (Å²) >= 11 is 0. The highest BCUT2D eigenvalue weighted by atomic mass is 16.4. The van der Waals surface area contributed by atoms with Gasteiger partial charge in [-0.1, -0.05) is 6.42 Å². The number of rotatable bonds is 4. The van der Waals surface area contributed by atoms with Crippen molar-refractivity contribution in [2.75, 3.05) is 11.9 Å². The van der Waals surface area contributed by atoms with Gasteiger partial charge in [-0.15, -0.1) is 0 Å². The highest BCUT2D eigenvalue weighted by molar-refractivity contribution is 5.94. The molecule has 1 N–H and O–H groups in total. The van der Waals surface area contributed by atoms with Crippen molar-refractivity contribution in [3.8, 4) is 0 Å². The van der Waals surface area contributed by atoms with E-state index in [0.717, 1.165) is 18.5 Å². The summed E-state index contributed by atoms with van der Waals surface area (Å²) in [5, 5.41) is 8.80. The summed E-state index contributed by atoms with van der Waals surface area (Å²) in [7, 11) is 1.73. The maximum Gasteiger partial charge on any atom is 0.335 e. The van der Waals surface area contributed by atoms with Crippen molar-refractivity contribution in [3.63, 3.8) is 0 Å². The molecule has 1 aliphatic rings. The highest BCUT2D eigenvalue weighted by Crippen LogP contribution is 2.30. The zero-order chi connectivity index (χ0) is 13.1. The van der Waals surface area contributed by atoms with Crippen LogP contribution < -0.4 is 4.90 Å². The van der Waals surface area contributed by atoms with Crippen LogP contribution in [-0.2, 0) is 4.79 Å². The van der Waals surface area contributed by atoms with E-state index in [1.807, 2.05) is 0 Å². The Morgan fingerprint density at radius 3 is 2.33 bits per heavy atom. The molecule has 0 aliphatic heterocycles. The van der Waals surface area contributed by atoms with Crippen LogP contribution in [0.25, 0.3) is 0 Å². The predicted octanol–water partition coefficient (Wildman–Crippen LogP) is 2.54. The third kappa shape index (κ3) is 2.70. The number of aromatic carboxylic acids is 1. The molecule has 0 radical (unpaired) electrons. The molecule has 0 spiro atoms. The van der Waals surface area contributed by atoms with E-state index in [-0.39, 0.29) is 11.5 Å². The second-order valence-corrected chi connectivity index (χ2v) is 4.81. The second kappa shape index (κ2) is 5.21. The fraction of sp³-hybridized carbons (Fsp3) is 0.429. The largest absolute Gasteiger partial charge is 0.478 e. The lowest BCUT2D eigenvalue weighted by atomic mass is 9.82. The zero-order valence-electron chi connectivity index (χ0n) is 10.4. The quantitative estimate of drug-likeness (QED) is 0.889. The van der Waals surface area contributed by atoms with Crippen molar-refractivity contribution in [2.24, 2.45) is 5.92 Å². The first-order chi connectivity index (χ1) is 8.58. The van der Waals surface area contributed by atoms with Crippen molar-refractivity contribution in [1.29, 1.82) is 0 Å². The molecule has 1 aliphatic carbocycles. The van der Waals surface area contributed by atoms with E-state index in [2.05, 4.69) is 0 Å². The van der Waals surface area contributed by atoms with Crippen molar-refractivity contribution in [2.45, 2.75) is 25.7 Å². The maximum atomic E-state index is 12.0. The van der Waals surface area contributed by atoms with Crippen LogP contribution in [0, 0.1) is 5.92 Å². The lowest BCUT2D eigenvalue weighted by Crippen LogP contribution is -2.29. The van der Waals surface area contributed by atoms with E-state index in [9.17, 15) is 9.59 Å². The van der Waals surface area contributed by atoms with Gasteiger partial charge in [0.2, 0.25) is 5.91 Å². The number of carbonyl (C=O) groups excluding carboxylic acids is 1. The highest BCUT2D eigenvalue weighted by Gasteiger charge is 2.22.